The van der Waals surface area contributed by atoms with E-state index in [1.54, 1.807) is 13.2 Å². The third-order valence-electron chi connectivity index (χ3n) is 4.42. The molecule has 0 aliphatic carbocycles. The van der Waals surface area contributed by atoms with Gasteiger partial charge in [-0.2, -0.15) is 0 Å². The van der Waals surface area contributed by atoms with Crippen LogP contribution >= 0.6 is 27.3 Å². The summed E-state index contributed by atoms with van der Waals surface area (Å²) in [5.74, 6) is -0.245. The standard InChI is InChI=1S/C18H21BrN4O2S/c1-12-10-13(19)5-6-14(12)21-16(24)11-22(2)17(25)15-4-3-8-23(15)18-20-7-9-26-18/h5-7,9-10,15H,3-4,8,11H2,1-2H3,(H,21,24)/t15-/m0/s1. The van der Waals surface area contributed by atoms with Crippen LogP contribution in [0.4, 0.5) is 10.8 Å². The molecule has 0 bridgehead atoms. The molecule has 1 N–H and O–H groups in total. The molecule has 2 amide bonds. The van der Waals surface area contributed by atoms with Crippen molar-refractivity contribution < 1.29 is 9.59 Å². The molecule has 1 aliphatic rings. The van der Waals surface area contributed by atoms with Crippen LogP contribution in [0.2, 0.25) is 0 Å². The molecule has 26 heavy (non-hydrogen) atoms. The molecular weight excluding hydrogens is 416 g/mol. The monoisotopic (exact) mass is 436 g/mol. The smallest absolute Gasteiger partial charge is 0.245 e. The zero-order valence-corrected chi connectivity index (χ0v) is 17.1. The van der Waals surface area contributed by atoms with E-state index in [9.17, 15) is 9.59 Å². The molecule has 2 aromatic rings. The number of halogens is 1. The molecule has 3 rings (SSSR count). The predicted molar refractivity (Wildman–Crippen MR) is 108 cm³/mol. The van der Waals surface area contributed by atoms with Gasteiger partial charge < -0.3 is 15.1 Å². The van der Waals surface area contributed by atoms with Gasteiger partial charge in [-0.1, -0.05) is 15.9 Å². The van der Waals surface area contributed by atoms with Gasteiger partial charge in [0.05, 0.1) is 6.54 Å². The van der Waals surface area contributed by atoms with Crippen LogP contribution in [0.5, 0.6) is 0 Å². The fourth-order valence-corrected chi connectivity index (χ4v) is 4.31. The average Bonchev–Trinajstić information content (AvgIpc) is 3.27. The van der Waals surface area contributed by atoms with Crippen molar-refractivity contribution in [3.05, 3.63) is 39.8 Å². The topological polar surface area (TPSA) is 65.5 Å². The lowest BCUT2D eigenvalue weighted by molar-refractivity contribution is -0.134. The van der Waals surface area contributed by atoms with Crippen molar-refractivity contribution in [2.75, 3.05) is 30.4 Å². The van der Waals surface area contributed by atoms with Gasteiger partial charge in [0.2, 0.25) is 11.8 Å². The highest BCUT2D eigenvalue weighted by molar-refractivity contribution is 9.10. The number of carbonyl (C=O) groups is 2. The second-order valence-electron chi connectivity index (χ2n) is 6.37. The predicted octanol–water partition coefficient (Wildman–Crippen LogP) is 3.28. The number of benzene rings is 1. The summed E-state index contributed by atoms with van der Waals surface area (Å²) in [7, 11) is 1.68. The van der Waals surface area contributed by atoms with Crippen molar-refractivity contribution in [3.8, 4) is 0 Å². The van der Waals surface area contributed by atoms with Crippen LogP contribution in [-0.4, -0.2) is 47.9 Å². The number of anilines is 2. The highest BCUT2D eigenvalue weighted by Crippen LogP contribution is 2.28. The number of thiazole rings is 1. The van der Waals surface area contributed by atoms with Gasteiger partial charge in [0, 0.05) is 35.3 Å². The van der Waals surface area contributed by atoms with Crippen molar-refractivity contribution in [2.24, 2.45) is 0 Å². The molecule has 1 atom stereocenters. The molecular formula is C18H21BrN4O2S. The minimum atomic E-state index is -0.242. The van der Waals surface area contributed by atoms with Crippen molar-refractivity contribution in [2.45, 2.75) is 25.8 Å². The van der Waals surface area contributed by atoms with E-state index in [0.717, 1.165) is 40.2 Å². The quantitative estimate of drug-likeness (QED) is 0.780. The van der Waals surface area contributed by atoms with Gasteiger partial charge in [-0.05, 0) is 43.5 Å². The number of hydrogen-bond donors (Lipinski definition) is 1. The Balaban J connectivity index is 1.60. The fraction of sp³-hybridized carbons (Fsp3) is 0.389. The van der Waals surface area contributed by atoms with Crippen LogP contribution in [-0.2, 0) is 9.59 Å². The van der Waals surface area contributed by atoms with Crippen LogP contribution in [0.3, 0.4) is 0 Å². The molecule has 1 fully saturated rings. The maximum Gasteiger partial charge on any atom is 0.245 e. The number of carbonyl (C=O) groups excluding carboxylic acids is 2. The van der Waals surface area contributed by atoms with Crippen LogP contribution in [0, 0.1) is 6.92 Å². The molecule has 6 nitrogen and oxygen atoms in total. The molecule has 8 heteroatoms. The second-order valence-corrected chi connectivity index (χ2v) is 8.16. The lowest BCUT2D eigenvalue weighted by Gasteiger charge is -2.27. The molecule has 0 unspecified atom stereocenters. The lowest BCUT2D eigenvalue weighted by atomic mass is 10.2. The zero-order chi connectivity index (χ0) is 18.7. The Hall–Kier alpha value is -1.93. The van der Waals surface area contributed by atoms with Crippen molar-refractivity contribution >= 4 is 49.9 Å². The van der Waals surface area contributed by atoms with E-state index in [0.29, 0.717) is 0 Å². The zero-order valence-electron chi connectivity index (χ0n) is 14.7. The highest BCUT2D eigenvalue weighted by atomic mass is 79.9. The molecule has 0 saturated carbocycles. The normalized spacial score (nSPS) is 16.6. The number of aromatic nitrogens is 1. The summed E-state index contributed by atoms with van der Waals surface area (Å²) in [6.45, 7) is 2.78. The maximum absolute atomic E-state index is 12.8. The Kier molecular flexibility index (Phi) is 5.93. The number of aryl methyl sites for hydroxylation is 1. The van der Waals surface area contributed by atoms with Gasteiger partial charge in [-0.25, -0.2) is 4.98 Å². The van der Waals surface area contributed by atoms with Crippen molar-refractivity contribution in [1.82, 2.24) is 9.88 Å². The van der Waals surface area contributed by atoms with Gasteiger partial charge in [-0.3, -0.25) is 9.59 Å². The van der Waals surface area contributed by atoms with E-state index >= 15 is 0 Å². The van der Waals surface area contributed by atoms with Crippen LogP contribution in [0.15, 0.2) is 34.2 Å². The molecule has 1 aromatic heterocycles. The first-order valence-corrected chi connectivity index (χ1v) is 10.1. The third-order valence-corrected chi connectivity index (χ3v) is 5.72. The Morgan fingerprint density at radius 3 is 2.96 bits per heavy atom. The third kappa shape index (κ3) is 4.24. The summed E-state index contributed by atoms with van der Waals surface area (Å²) in [5.41, 5.74) is 1.72. The molecule has 138 valence electrons. The van der Waals surface area contributed by atoms with Gasteiger partial charge in [0.25, 0.3) is 0 Å². The lowest BCUT2D eigenvalue weighted by Crippen LogP contribution is -2.46. The molecule has 0 spiro atoms. The summed E-state index contributed by atoms with van der Waals surface area (Å²) in [6, 6.07) is 5.42. The minimum absolute atomic E-state index is 0.0244. The molecule has 1 saturated heterocycles. The Morgan fingerprint density at radius 1 is 1.46 bits per heavy atom. The van der Waals surface area contributed by atoms with E-state index in [-0.39, 0.29) is 24.4 Å². The number of likely N-dealkylation sites (N-methyl/N-ethyl adjacent to an activating group) is 1. The highest BCUT2D eigenvalue weighted by Gasteiger charge is 2.34. The van der Waals surface area contributed by atoms with E-state index in [1.165, 1.54) is 16.2 Å². The van der Waals surface area contributed by atoms with Crippen LogP contribution in [0.1, 0.15) is 18.4 Å². The first kappa shape index (κ1) is 18.8. The van der Waals surface area contributed by atoms with E-state index in [1.807, 2.05) is 35.4 Å². The van der Waals surface area contributed by atoms with E-state index in [4.69, 9.17) is 0 Å². The van der Waals surface area contributed by atoms with E-state index < -0.39 is 0 Å². The van der Waals surface area contributed by atoms with Crippen molar-refractivity contribution in [3.63, 3.8) is 0 Å². The number of rotatable bonds is 5. The minimum Gasteiger partial charge on any atom is -0.336 e. The summed E-state index contributed by atoms with van der Waals surface area (Å²) in [4.78, 5) is 33.0. The van der Waals surface area contributed by atoms with Gasteiger partial charge in [0.15, 0.2) is 5.13 Å². The average molecular weight is 437 g/mol. The number of hydrogen-bond acceptors (Lipinski definition) is 5. The molecule has 2 heterocycles. The maximum atomic E-state index is 12.8. The second kappa shape index (κ2) is 8.18. The first-order chi connectivity index (χ1) is 12.5. The Bertz CT molecular complexity index is 796. The number of nitrogens with zero attached hydrogens (tertiary/aromatic N) is 3. The largest absolute Gasteiger partial charge is 0.336 e. The Morgan fingerprint density at radius 2 is 2.27 bits per heavy atom. The summed E-state index contributed by atoms with van der Waals surface area (Å²) >= 11 is 4.94. The van der Waals surface area contributed by atoms with Crippen LogP contribution < -0.4 is 10.2 Å². The molecule has 0 radical (unpaired) electrons. The molecule has 1 aliphatic heterocycles. The van der Waals surface area contributed by atoms with Gasteiger partial charge in [-0.15, -0.1) is 11.3 Å². The SMILES string of the molecule is Cc1cc(Br)ccc1NC(=O)CN(C)C(=O)[C@@H]1CCCN1c1nccs1. The number of amides is 2. The van der Waals surface area contributed by atoms with Crippen LogP contribution in [0.25, 0.3) is 0 Å². The molecule has 1 aromatic carbocycles. The van der Waals surface area contributed by atoms with Gasteiger partial charge in [0.1, 0.15) is 6.04 Å². The first-order valence-electron chi connectivity index (χ1n) is 8.43. The number of nitrogens with one attached hydrogen (secondary N) is 1. The summed E-state index contributed by atoms with van der Waals surface area (Å²) in [6.07, 6.45) is 3.49. The van der Waals surface area contributed by atoms with Gasteiger partial charge >= 0.3 is 0 Å². The summed E-state index contributed by atoms with van der Waals surface area (Å²) in [5, 5.41) is 5.65. The summed E-state index contributed by atoms with van der Waals surface area (Å²) < 4.78 is 0.962. The fourth-order valence-electron chi connectivity index (χ4n) is 3.11. The van der Waals surface area contributed by atoms with E-state index in [2.05, 4.69) is 26.2 Å². The van der Waals surface area contributed by atoms with Crippen molar-refractivity contribution in [1.29, 1.82) is 0 Å². The Labute approximate surface area is 165 Å².